The average molecular weight is 269 g/mol. The molecule has 0 aromatic carbocycles. The first-order valence-corrected chi connectivity index (χ1v) is 4.05. The Morgan fingerprint density at radius 2 is 2.30 bits per heavy atom. The molecule has 1 heterocycles. The topological polar surface area (TPSA) is 22.1 Å². The van der Waals surface area contributed by atoms with E-state index in [1.54, 1.807) is 19.2 Å². The van der Waals surface area contributed by atoms with Crippen LogP contribution in [0.2, 0.25) is 5.15 Å². The maximum atomic E-state index is 5.60. The van der Waals surface area contributed by atoms with E-state index in [-0.39, 0.29) is 0 Å². The molecule has 0 spiro atoms. The van der Waals surface area contributed by atoms with Gasteiger partial charge in [0.05, 0.1) is 7.11 Å². The molecule has 1 rings (SSSR count). The van der Waals surface area contributed by atoms with Crippen LogP contribution >= 0.6 is 34.2 Å². The molecule has 0 radical (unpaired) electrons. The van der Waals surface area contributed by atoms with E-state index in [1.165, 1.54) is 0 Å². The summed E-state index contributed by atoms with van der Waals surface area (Å²) in [5.74, 6) is 0.755. The van der Waals surface area contributed by atoms with Crippen LogP contribution in [-0.4, -0.2) is 12.1 Å². The number of nitrogens with zero attached hydrogens (tertiary/aromatic N) is 1. The second-order valence-corrected chi connectivity index (χ2v) is 3.04. The number of halogens is 2. The fourth-order valence-corrected chi connectivity index (χ4v) is 1.50. The van der Waals surface area contributed by atoms with Crippen molar-refractivity contribution in [2.45, 2.75) is 0 Å². The van der Waals surface area contributed by atoms with Crippen LogP contribution in [0, 0.1) is 3.70 Å². The van der Waals surface area contributed by atoms with Crippen LogP contribution in [0.3, 0.4) is 0 Å². The molecule has 1 aromatic rings. The highest BCUT2D eigenvalue weighted by molar-refractivity contribution is 14.1. The van der Waals surface area contributed by atoms with Gasteiger partial charge in [-0.25, -0.2) is 4.98 Å². The van der Waals surface area contributed by atoms with E-state index in [9.17, 15) is 0 Å². The SMILES string of the molecule is COc1ccc(Cl)nc1I. The van der Waals surface area contributed by atoms with Crippen LogP contribution < -0.4 is 4.74 Å². The Hall–Kier alpha value is -0.0300. The predicted octanol–water partition coefficient (Wildman–Crippen LogP) is 2.35. The molecule has 0 aliphatic heterocycles. The highest BCUT2D eigenvalue weighted by atomic mass is 127. The molecule has 0 bridgehead atoms. The van der Waals surface area contributed by atoms with Gasteiger partial charge in [0.1, 0.15) is 8.85 Å². The minimum Gasteiger partial charge on any atom is -0.494 e. The van der Waals surface area contributed by atoms with Gasteiger partial charge in [-0.05, 0) is 34.7 Å². The summed E-state index contributed by atoms with van der Waals surface area (Å²) in [6.07, 6.45) is 0. The first-order chi connectivity index (χ1) is 4.74. The maximum absolute atomic E-state index is 5.60. The molecule has 0 fully saturated rings. The van der Waals surface area contributed by atoms with Crippen molar-refractivity contribution >= 4 is 34.2 Å². The summed E-state index contributed by atoms with van der Waals surface area (Å²) < 4.78 is 5.76. The molecule has 0 atom stereocenters. The molecule has 10 heavy (non-hydrogen) atoms. The summed E-state index contributed by atoms with van der Waals surface area (Å²) >= 11 is 7.67. The van der Waals surface area contributed by atoms with Gasteiger partial charge in [-0.2, -0.15) is 0 Å². The molecule has 0 saturated carbocycles. The fraction of sp³-hybridized carbons (Fsp3) is 0.167. The standard InChI is InChI=1S/C6H5ClINO/c1-10-4-2-3-5(7)9-6(4)8/h2-3H,1H3. The minimum atomic E-state index is 0.491. The monoisotopic (exact) mass is 269 g/mol. The van der Waals surface area contributed by atoms with Crippen LogP contribution in [0.15, 0.2) is 12.1 Å². The lowest BCUT2D eigenvalue weighted by Gasteiger charge is -2.00. The minimum absolute atomic E-state index is 0.491. The molecule has 0 saturated heterocycles. The van der Waals surface area contributed by atoms with Crippen LogP contribution in [0.5, 0.6) is 5.75 Å². The van der Waals surface area contributed by atoms with Gasteiger partial charge in [0.25, 0.3) is 0 Å². The Morgan fingerprint density at radius 3 is 2.80 bits per heavy atom. The highest BCUT2D eigenvalue weighted by Gasteiger charge is 1.99. The van der Waals surface area contributed by atoms with Gasteiger partial charge in [0.2, 0.25) is 0 Å². The molecule has 0 N–H and O–H groups in total. The Labute approximate surface area is 77.7 Å². The first-order valence-electron chi connectivity index (χ1n) is 2.60. The molecule has 0 amide bonds. The van der Waals surface area contributed by atoms with E-state index in [1.807, 2.05) is 0 Å². The third-order valence-electron chi connectivity index (χ3n) is 1.00. The molecular weight excluding hydrogens is 264 g/mol. The van der Waals surface area contributed by atoms with Gasteiger partial charge < -0.3 is 4.74 Å². The van der Waals surface area contributed by atoms with Crippen LogP contribution in [0.25, 0.3) is 0 Å². The van der Waals surface area contributed by atoms with Crippen molar-refractivity contribution in [1.29, 1.82) is 0 Å². The van der Waals surface area contributed by atoms with Gasteiger partial charge in [0, 0.05) is 0 Å². The molecule has 1 aromatic heterocycles. The Kier molecular flexibility index (Phi) is 2.73. The van der Waals surface area contributed by atoms with Gasteiger partial charge in [-0.15, -0.1) is 0 Å². The van der Waals surface area contributed by atoms with E-state index in [0.717, 1.165) is 9.45 Å². The summed E-state index contributed by atoms with van der Waals surface area (Å²) in [5, 5.41) is 0.491. The summed E-state index contributed by atoms with van der Waals surface area (Å²) in [7, 11) is 1.60. The number of pyridine rings is 1. The van der Waals surface area contributed by atoms with Gasteiger partial charge in [-0.3, -0.25) is 0 Å². The normalized spacial score (nSPS) is 9.50. The molecule has 2 nitrogen and oxygen atoms in total. The summed E-state index contributed by atoms with van der Waals surface area (Å²) in [6, 6.07) is 3.49. The lowest BCUT2D eigenvalue weighted by Crippen LogP contribution is -1.89. The fourth-order valence-electron chi connectivity index (χ4n) is 0.552. The van der Waals surface area contributed by atoms with Gasteiger partial charge in [0.15, 0.2) is 5.75 Å². The molecule has 4 heteroatoms. The van der Waals surface area contributed by atoms with E-state index >= 15 is 0 Å². The first kappa shape index (κ1) is 8.07. The number of methoxy groups -OCH3 is 1. The maximum Gasteiger partial charge on any atom is 0.150 e. The third kappa shape index (κ3) is 1.73. The molecule has 0 aliphatic rings. The second-order valence-electron chi connectivity index (χ2n) is 1.63. The summed E-state index contributed by atoms with van der Waals surface area (Å²) in [5.41, 5.74) is 0. The highest BCUT2D eigenvalue weighted by Crippen LogP contribution is 2.19. The second kappa shape index (κ2) is 3.39. The van der Waals surface area contributed by atoms with E-state index < -0.39 is 0 Å². The lowest BCUT2D eigenvalue weighted by atomic mass is 10.5. The average Bonchev–Trinajstić information content (AvgIpc) is 1.88. The van der Waals surface area contributed by atoms with Crippen molar-refractivity contribution in [1.82, 2.24) is 4.98 Å². The largest absolute Gasteiger partial charge is 0.494 e. The molecule has 0 unspecified atom stereocenters. The zero-order valence-corrected chi connectivity index (χ0v) is 8.18. The van der Waals surface area contributed by atoms with E-state index in [2.05, 4.69) is 27.6 Å². The van der Waals surface area contributed by atoms with Crippen molar-refractivity contribution < 1.29 is 4.74 Å². The van der Waals surface area contributed by atoms with E-state index in [0.29, 0.717) is 5.15 Å². The van der Waals surface area contributed by atoms with Crippen LogP contribution in [0.4, 0.5) is 0 Å². The van der Waals surface area contributed by atoms with Crippen molar-refractivity contribution in [2.24, 2.45) is 0 Å². The zero-order chi connectivity index (χ0) is 7.56. The lowest BCUT2D eigenvalue weighted by molar-refractivity contribution is 0.409. The van der Waals surface area contributed by atoms with Crippen LogP contribution in [-0.2, 0) is 0 Å². The predicted molar refractivity (Wildman–Crippen MR) is 48.5 cm³/mol. The number of aromatic nitrogens is 1. The number of ether oxygens (including phenoxy) is 1. The Balaban J connectivity index is 3.07. The van der Waals surface area contributed by atoms with E-state index in [4.69, 9.17) is 16.3 Å². The molecular formula is C6H5ClINO. The van der Waals surface area contributed by atoms with Crippen molar-refractivity contribution in [2.75, 3.05) is 7.11 Å². The van der Waals surface area contributed by atoms with Crippen molar-refractivity contribution in [3.05, 3.63) is 21.0 Å². The van der Waals surface area contributed by atoms with Gasteiger partial charge in [-0.1, -0.05) is 11.6 Å². The van der Waals surface area contributed by atoms with Gasteiger partial charge >= 0.3 is 0 Å². The summed E-state index contributed by atoms with van der Waals surface area (Å²) in [4.78, 5) is 3.97. The smallest absolute Gasteiger partial charge is 0.150 e. The number of hydrogen-bond donors (Lipinski definition) is 0. The third-order valence-corrected chi connectivity index (χ3v) is 1.98. The number of rotatable bonds is 1. The zero-order valence-electron chi connectivity index (χ0n) is 5.27. The summed E-state index contributed by atoms with van der Waals surface area (Å²) in [6.45, 7) is 0. The molecule has 54 valence electrons. The van der Waals surface area contributed by atoms with Crippen molar-refractivity contribution in [3.63, 3.8) is 0 Å². The quantitative estimate of drug-likeness (QED) is 0.577. The Bertz CT molecular complexity index is 241. The number of hydrogen-bond acceptors (Lipinski definition) is 2. The molecule has 0 aliphatic carbocycles. The van der Waals surface area contributed by atoms with Crippen LogP contribution in [0.1, 0.15) is 0 Å². The van der Waals surface area contributed by atoms with Crippen molar-refractivity contribution in [3.8, 4) is 5.75 Å². The Morgan fingerprint density at radius 1 is 1.60 bits per heavy atom.